The molecule has 0 bridgehead atoms. The molecule has 0 spiro atoms. The van der Waals surface area contributed by atoms with Crippen molar-refractivity contribution in [1.29, 1.82) is 0 Å². The summed E-state index contributed by atoms with van der Waals surface area (Å²) in [5.41, 5.74) is 0.588. The van der Waals surface area contributed by atoms with Crippen molar-refractivity contribution in [2.75, 3.05) is 32.7 Å². The lowest BCUT2D eigenvalue weighted by atomic mass is 10.2. The molecule has 0 unspecified atom stereocenters. The Morgan fingerprint density at radius 2 is 1.79 bits per heavy atom. The van der Waals surface area contributed by atoms with E-state index >= 15 is 0 Å². The number of para-hydroxylation sites is 1. The summed E-state index contributed by atoms with van der Waals surface area (Å²) in [4.78, 5) is 38.0. The van der Waals surface area contributed by atoms with Crippen LogP contribution in [0, 0.1) is 6.92 Å². The molecule has 1 aliphatic heterocycles. The van der Waals surface area contributed by atoms with E-state index in [-0.39, 0.29) is 11.5 Å². The first-order chi connectivity index (χ1) is 14.1. The minimum Gasteiger partial charge on any atom is -0.340 e. The Bertz CT molecular complexity index is 1050. The van der Waals surface area contributed by atoms with Gasteiger partial charge in [-0.25, -0.2) is 9.97 Å². The average molecular weight is 394 g/mol. The van der Waals surface area contributed by atoms with Gasteiger partial charge in [-0.15, -0.1) is 0 Å². The zero-order valence-corrected chi connectivity index (χ0v) is 16.7. The Kier molecular flexibility index (Phi) is 5.71. The highest BCUT2D eigenvalue weighted by Gasteiger charge is 2.21. The van der Waals surface area contributed by atoms with E-state index in [0.717, 1.165) is 45.1 Å². The number of hydrogen-bond acceptors (Lipinski definition) is 5. The van der Waals surface area contributed by atoms with Crippen molar-refractivity contribution in [1.82, 2.24) is 28.9 Å². The van der Waals surface area contributed by atoms with E-state index in [1.54, 1.807) is 6.07 Å². The molecule has 8 nitrogen and oxygen atoms in total. The summed E-state index contributed by atoms with van der Waals surface area (Å²) in [7, 11) is 0. The molecule has 1 aliphatic rings. The van der Waals surface area contributed by atoms with Crippen LogP contribution in [0.1, 0.15) is 12.2 Å². The van der Waals surface area contributed by atoms with Gasteiger partial charge in [-0.05, 0) is 19.1 Å². The maximum atomic E-state index is 12.6. The van der Waals surface area contributed by atoms with Gasteiger partial charge in [0.25, 0.3) is 5.56 Å². The Hall–Kier alpha value is -3.00. The number of carbonyl (C=O) groups is 1. The highest BCUT2D eigenvalue weighted by atomic mass is 16.2. The molecule has 29 heavy (non-hydrogen) atoms. The third-order valence-electron chi connectivity index (χ3n) is 5.60. The first-order valence-corrected chi connectivity index (χ1v) is 10.0. The number of carbonyl (C=O) groups excluding carboxylic acids is 1. The fourth-order valence-electron chi connectivity index (χ4n) is 3.75. The van der Waals surface area contributed by atoms with E-state index in [4.69, 9.17) is 0 Å². The minimum atomic E-state index is -0.0944. The lowest BCUT2D eigenvalue weighted by Gasteiger charge is -2.35. The van der Waals surface area contributed by atoms with Crippen LogP contribution in [0.4, 0.5) is 0 Å². The molecule has 0 atom stereocenters. The second kappa shape index (κ2) is 8.57. The van der Waals surface area contributed by atoms with Crippen LogP contribution in [0.15, 0.2) is 47.8 Å². The molecule has 0 radical (unpaired) electrons. The SMILES string of the molecule is Cc1nccn1CCN1CCN(C(=O)CCn2cnc3ccccc3c2=O)CC1. The Balaban J connectivity index is 1.26. The van der Waals surface area contributed by atoms with Crippen LogP contribution in [-0.4, -0.2) is 67.5 Å². The second-order valence-electron chi connectivity index (χ2n) is 7.40. The molecule has 0 N–H and O–H groups in total. The summed E-state index contributed by atoms with van der Waals surface area (Å²) in [5, 5.41) is 0.587. The van der Waals surface area contributed by atoms with Crippen LogP contribution in [0.25, 0.3) is 10.9 Å². The van der Waals surface area contributed by atoms with E-state index in [2.05, 4.69) is 19.4 Å². The monoisotopic (exact) mass is 394 g/mol. The zero-order chi connectivity index (χ0) is 20.2. The van der Waals surface area contributed by atoms with Gasteiger partial charge in [0.15, 0.2) is 0 Å². The van der Waals surface area contributed by atoms with Crippen molar-refractivity contribution in [3.8, 4) is 0 Å². The number of piperazine rings is 1. The van der Waals surface area contributed by atoms with Gasteiger partial charge < -0.3 is 9.47 Å². The van der Waals surface area contributed by atoms with Crippen LogP contribution in [-0.2, 0) is 17.9 Å². The van der Waals surface area contributed by atoms with Gasteiger partial charge in [-0.2, -0.15) is 0 Å². The van der Waals surface area contributed by atoms with E-state index in [1.807, 2.05) is 42.4 Å². The highest BCUT2D eigenvalue weighted by Crippen LogP contribution is 2.07. The number of amides is 1. The number of hydrogen-bond donors (Lipinski definition) is 0. The normalized spacial score (nSPS) is 15.1. The highest BCUT2D eigenvalue weighted by molar-refractivity contribution is 5.77. The summed E-state index contributed by atoms with van der Waals surface area (Å²) >= 11 is 0. The van der Waals surface area contributed by atoms with Gasteiger partial charge in [0.1, 0.15) is 5.82 Å². The molecule has 3 heterocycles. The molecular formula is C21H26N6O2. The summed E-state index contributed by atoms with van der Waals surface area (Å²) in [6.07, 6.45) is 5.67. The van der Waals surface area contributed by atoms with E-state index in [0.29, 0.717) is 23.9 Å². The molecule has 8 heteroatoms. The number of nitrogens with zero attached hydrogens (tertiary/aromatic N) is 6. The smallest absolute Gasteiger partial charge is 0.261 e. The van der Waals surface area contributed by atoms with Gasteiger partial charge in [-0.1, -0.05) is 12.1 Å². The van der Waals surface area contributed by atoms with Gasteiger partial charge in [0, 0.05) is 64.6 Å². The first-order valence-electron chi connectivity index (χ1n) is 10.0. The molecule has 2 aromatic heterocycles. The quantitative estimate of drug-likeness (QED) is 0.627. The van der Waals surface area contributed by atoms with Gasteiger partial charge in [-0.3, -0.25) is 19.1 Å². The van der Waals surface area contributed by atoms with Crippen molar-refractivity contribution < 1.29 is 4.79 Å². The minimum absolute atomic E-state index is 0.0927. The Labute approximate surface area is 169 Å². The number of imidazole rings is 1. The van der Waals surface area contributed by atoms with Gasteiger partial charge >= 0.3 is 0 Å². The molecule has 1 fully saturated rings. The predicted octanol–water partition coefficient (Wildman–Crippen LogP) is 1.14. The number of benzene rings is 1. The third-order valence-corrected chi connectivity index (χ3v) is 5.60. The standard InChI is InChI=1S/C21H26N6O2/c1-17-22-7-9-25(17)13-10-24-11-14-26(15-12-24)20(28)6-8-27-16-23-19-5-3-2-4-18(19)21(27)29/h2-5,7,9,16H,6,8,10-15H2,1H3. The van der Waals surface area contributed by atoms with Crippen LogP contribution < -0.4 is 5.56 Å². The first kappa shape index (κ1) is 19.3. The van der Waals surface area contributed by atoms with Crippen LogP contribution >= 0.6 is 0 Å². The summed E-state index contributed by atoms with van der Waals surface area (Å²) in [5.74, 6) is 1.12. The Morgan fingerprint density at radius 3 is 2.55 bits per heavy atom. The average Bonchev–Trinajstić information content (AvgIpc) is 3.17. The van der Waals surface area contributed by atoms with Crippen LogP contribution in [0.2, 0.25) is 0 Å². The van der Waals surface area contributed by atoms with Crippen molar-refractivity contribution in [2.45, 2.75) is 26.4 Å². The largest absolute Gasteiger partial charge is 0.340 e. The fraction of sp³-hybridized carbons (Fsp3) is 0.429. The topological polar surface area (TPSA) is 76.3 Å². The summed E-state index contributed by atoms with van der Waals surface area (Å²) < 4.78 is 3.68. The number of rotatable bonds is 6. The molecule has 4 rings (SSSR count). The molecule has 3 aromatic rings. The molecule has 152 valence electrons. The molecule has 1 amide bonds. The van der Waals surface area contributed by atoms with Crippen LogP contribution in [0.3, 0.4) is 0 Å². The van der Waals surface area contributed by atoms with E-state index in [9.17, 15) is 9.59 Å². The van der Waals surface area contributed by atoms with Crippen molar-refractivity contribution in [2.24, 2.45) is 0 Å². The van der Waals surface area contributed by atoms with Crippen molar-refractivity contribution in [3.63, 3.8) is 0 Å². The zero-order valence-electron chi connectivity index (χ0n) is 16.7. The Morgan fingerprint density at radius 1 is 1.00 bits per heavy atom. The summed E-state index contributed by atoms with van der Waals surface area (Å²) in [6.45, 7) is 7.44. The van der Waals surface area contributed by atoms with Crippen LogP contribution in [0.5, 0.6) is 0 Å². The lowest BCUT2D eigenvalue weighted by molar-refractivity contribution is -0.133. The maximum Gasteiger partial charge on any atom is 0.261 e. The summed E-state index contributed by atoms with van der Waals surface area (Å²) in [6, 6.07) is 7.28. The van der Waals surface area contributed by atoms with E-state index in [1.165, 1.54) is 10.9 Å². The molecule has 0 aliphatic carbocycles. The predicted molar refractivity (Wildman–Crippen MR) is 111 cm³/mol. The number of aromatic nitrogens is 4. The third kappa shape index (κ3) is 4.37. The second-order valence-corrected chi connectivity index (χ2v) is 7.40. The lowest BCUT2D eigenvalue weighted by Crippen LogP contribution is -2.49. The van der Waals surface area contributed by atoms with Gasteiger partial charge in [0.05, 0.1) is 17.2 Å². The van der Waals surface area contributed by atoms with E-state index < -0.39 is 0 Å². The van der Waals surface area contributed by atoms with Crippen molar-refractivity contribution >= 4 is 16.8 Å². The number of fused-ring (bicyclic) bond motifs is 1. The van der Waals surface area contributed by atoms with Gasteiger partial charge in [0.2, 0.25) is 5.91 Å². The number of aryl methyl sites for hydroxylation is 2. The molecule has 1 saturated heterocycles. The fourth-order valence-corrected chi connectivity index (χ4v) is 3.75. The maximum absolute atomic E-state index is 12.6. The molecular weight excluding hydrogens is 368 g/mol. The van der Waals surface area contributed by atoms with Crippen molar-refractivity contribution in [3.05, 3.63) is 59.2 Å². The molecule has 0 saturated carbocycles. The molecule has 1 aromatic carbocycles.